The Labute approximate surface area is 283 Å². The molecule has 0 saturated heterocycles. The van der Waals surface area contributed by atoms with E-state index in [0.29, 0.717) is 48.8 Å². The molecule has 1 aliphatic heterocycles. The first-order valence-electron chi connectivity index (χ1n) is 17.5. The molecule has 7 nitrogen and oxygen atoms in total. The SMILES string of the molecule is CCC1COc2cc3c(cc2O1)C1(CCC(Nc2cccc(Cl)c2)(C(=O)O)CC1)C(C[C@@H](C)COc1ccnc2c1[C@H](C)CCC2)C3. The first-order valence-corrected chi connectivity index (χ1v) is 17.9. The van der Waals surface area contributed by atoms with E-state index in [1.807, 2.05) is 24.4 Å². The number of hydrogen-bond acceptors (Lipinski definition) is 6. The van der Waals surface area contributed by atoms with E-state index in [4.69, 9.17) is 25.8 Å². The van der Waals surface area contributed by atoms with Crippen LogP contribution in [0.2, 0.25) is 5.02 Å². The molecule has 1 spiro atoms. The summed E-state index contributed by atoms with van der Waals surface area (Å²) in [7, 11) is 0. The van der Waals surface area contributed by atoms with Gasteiger partial charge < -0.3 is 24.6 Å². The van der Waals surface area contributed by atoms with Gasteiger partial charge in [-0.15, -0.1) is 0 Å². The van der Waals surface area contributed by atoms with Crippen LogP contribution in [0.3, 0.4) is 0 Å². The van der Waals surface area contributed by atoms with Gasteiger partial charge in [0.2, 0.25) is 0 Å². The van der Waals surface area contributed by atoms with Crippen molar-refractivity contribution in [2.75, 3.05) is 18.5 Å². The topological polar surface area (TPSA) is 89.9 Å². The number of carboxylic acids is 1. The van der Waals surface area contributed by atoms with Crippen molar-refractivity contribution in [3.63, 3.8) is 0 Å². The highest BCUT2D eigenvalue weighted by Gasteiger charge is 2.54. The average Bonchev–Trinajstić information content (AvgIpc) is 3.34. The predicted molar refractivity (Wildman–Crippen MR) is 184 cm³/mol. The maximum atomic E-state index is 12.9. The maximum Gasteiger partial charge on any atom is 0.329 e. The van der Waals surface area contributed by atoms with Gasteiger partial charge in [-0.2, -0.15) is 0 Å². The summed E-state index contributed by atoms with van der Waals surface area (Å²) < 4.78 is 19.1. The number of nitrogens with one attached hydrogen (secondary N) is 1. The zero-order chi connectivity index (χ0) is 32.8. The fraction of sp³-hybridized carbons (Fsp3) is 0.538. The third-order valence-corrected chi connectivity index (χ3v) is 11.8. The van der Waals surface area contributed by atoms with E-state index < -0.39 is 11.5 Å². The van der Waals surface area contributed by atoms with Crippen LogP contribution in [0.5, 0.6) is 17.2 Å². The van der Waals surface area contributed by atoms with E-state index >= 15 is 0 Å². The fourth-order valence-electron chi connectivity index (χ4n) is 8.92. The molecule has 2 aromatic carbocycles. The predicted octanol–water partition coefficient (Wildman–Crippen LogP) is 8.75. The molecule has 1 fully saturated rings. The van der Waals surface area contributed by atoms with Crippen LogP contribution >= 0.6 is 11.6 Å². The van der Waals surface area contributed by atoms with Crippen LogP contribution in [-0.2, 0) is 23.1 Å². The lowest BCUT2D eigenvalue weighted by atomic mass is 9.59. The quantitative estimate of drug-likeness (QED) is 0.238. The number of aryl methyl sites for hydroxylation is 1. The Bertz CT molecular complexity index is 1630. The molecule has 3 aliphatic carbocycles. The van der Waals surface area contributed by atoms with E-state index in [1.54, 1.807) is 12.1 Å². The summed E-state index contributed by atoms with van der Waals surface area (Å²) in [5, 5.41) is 14.6. The molecule has 2 heterocycles. The molecule has 250 valence electrons. The molecule has 4 atom stereocenters. The van der Waals surface area contributed by atoms with Crippen LogP contribution in [0.15, 0.2) is 48.7 Å². The second-order valence-electron chi connectivity index (χ2n) is 14.6. The lowest BCUT2D eigenvalue weighted by Gasteiger charge is -2.47. The van der Waals surface area contributed by atoms with Gasteiger partial charge in [0.05, 0.1) is 6.61 Å². The van der Waals surface area contributed by atoms with Gasteiger partial charge >= 0.3 is 5.97 Å². The summed E-state index contributed by atoms with van der Waals surface area (Å²) in [6.45, 7) is 7.91. The minimum absolute atomic E-state index is 0.0421. The largest absolute Gasteiger partial charge is 0.493 e. The molecule has 7 rings (SSSR count). The number of aliphatic carboxylic acids is 1. The molecule has 8 heteroatoms. The highest BCUT2D eigenvalue weighted by molar-refractivity contribution is 6.30. The van der Waals surface area contributed by atoms with Crippen LogP contribution in [0.4, 0.5) is 5.69 Å². The number of anilines is 1. The standard InChI is InChI=1S/C39H47ClN2O5/c1-4-30-23-46-34-19-26-18-27(17-24(2)22-45-33-11-16-41-32-10-5-7-25(3)36(32)33)38(31(26)21-35(34)47-30)12-14-39(15-13-38,37(43)44)42-29-9-6-8-28(40)20-29/h6,8-9,11,16,19-21,24-25,27,30,42H,4-5,7,10,12-15,17-18,22-23H2,1-3H3,(H,43,44)/t24-,25-,27?,30?,38?,39?/m1/s1. The van der Waals surface area contributed by atoms with Crippen LogP contribution in [-0.4, -0.2) is 40.9 Å². The van der Waals surface area contributed by atoms with E-state index in [9.17, 15) is 9.90 Å². The van der Waals surface area contributed by atoms with Crippen molar-refractivity contribution >= 4 is 23.3 Å². The van der Waals surface area contributed by atoms with Crippen molar-refractivity contribution in [1.29, 1.82) is 0 Å². The summed E-state index contributed by atoms with van der Waals surface area (Å²) in [6.07, 6.45) is 10.7. The first-order chi connectivity index (χ1) is 22.7. The monoisotopic (exact) mass is 658 g/mol. The number of carbonyl (C=O) groups is 1. The molecule has 0 amide bonds. The van der Waals surface area contributed by atoms with Gasteiger partial charge in [0.25, 0.3) is 0 Å². The number of pyridine rings is 1. The Balaban J connectivity index is 1.15. The summed E-state index contributed by atoms with van der Waals surface area (Å²) in [6, 6.07) is 13.8. The van der Waals surface area contributed by atoms with Crippen molar-refractivity contribution in [1.82, 2.24) is 4.98 Å². The Hall–Kier alpha value is -3.45. The number of fused-ring (bicyclic) bond motifs is 4. The number of carboxylic acid groups (broad SMARTS) is 1. The number of aromatic nitrogens is 1. The molecule has 1 saturated carbocycles. The first kappa shape index (κ1) is 32.1. The van der Waals surface area contributed by atoms with E-state index in [-0.39, 0.29) is 11.5 Å². The number of halogens is 1. The van der Waals surface area contributed by atoms with Crippen LogP contribution in [0.1, 0.15) is 100 Å². The number of ether oxygens (including phenoxy) is 3. The van der Waals surface area contributed by atoms with Gasteiger partial charge in [-0.3, -0.25) is 4.98 Å². The normalized spacial score (nSPS) is 28.3. The summed E-state index contributed by atoms with van der Waals surface area (Å²) in [5.41, 5.74) is 4.63. The molecular formula is C39H47ClN2O5. The van der Waals surface area contributed by atoms with Gasteiger partial charge in [-0.05, 0) is 135 Å². The Kier molecular flexibility index (Phi) is 8.79. The van der Waals surface area contributed by atoms with E-state index in [2.05, 4.69) is 43.2 Å². The molecular weight excluding hydrogens is 612 g/mol. The van der Waals surface area contributed by atoms with Crippen LogP contribution in [0.25, 0.3) is 0 Å². The van der Waals surface area contributed by atoms with Gasteiger partial charge in [0.15, 0.2) is 11.5 Å². The highest BCUT2D eigenvalue weighted by atomic mass is 35.5. The summed E-state index contributed by atoms with van der Waals surface area (Å²) in [4.78, 5) is 17.6. The van der Waals surface area contributed by atoms with Gasteiger partial charge in [-0.1, -0.05) is 38.4 Å². The van der Waals surface area contributed by atoms with Gasteiger partial charge in [0, 0.05) is 28.2 Å². The molecule has 0 bridgehead atoms. The Morgan fingerprint density at radius 2 is 2.00 bits per heavy atom. The molecule has 4 aliphatic rings. The van der Waals surface area contributed by atoms with Crippen molar-refractivity contribution in [2.45, 2.75) is 108 Å². The molecule has 47 heavy (non-hydrogen) atoms. The highest BCUT2D eigenvalue weighted by Crippen LogP contribution is 2.58. The second kappa shape index (κ2) is 12.9. The smallest absolute Gasteiger partial charge is 0.329 e. The van der Waals surface area contributed by atoms with Crippen LogP contribution in [0, 0.1) is 11.8 Å². The Morgan fingerprint density at radius 3 is 2.77 bits per heavy atom. The molecule has 1 aromatic heterocycles. The van der Waals surface area contributed by atoms with E-state index in [1.165, 1.54) is 35.2 Å². The molecule has 3 aromatic rings. The van der Waals surface area contributed by atoms with E-state index in [0.717, 1.165) is 61.5 Å². The lowest BCUT2D eigenvalue weighted by Crippen LogP contribution is -2.53. The summed E-state index contributed by atoms with van der Waals surface area (Å²) >= 11 is 6.27. The second-order valence-corrected chi connectivity index (χ2v) is 15.0. The number of nitrogens with zero attached hydrogens (tertiary/aromatic N) is 1. The molecule has 2 N–H and O–H groups in total. The van der Waals surface area contributed by atoms with Gasteiger partial charge in [-0.25, -0.2) is 4.79 Å². The Morgan fingerprint density at radius 1 is 1.17 bits per heavy atom. The van der Waals surface area contributed by atoms with Crippen molar-refractivity contribution in [3.8, 4) is 17.2 Å². The van der Waals surface area contributed by atoms with Crippen molar-refractivity contribution in [3.05, 3.63) is 76.1 Å². The van der Waals surface area contributed by atoms with Gasteiger partial charge in [0.1, 0.15) is 24.0 Å². The third-order valence-electron chi connectivity index (χ3n) is 11.5. The average molecular weight is 659 g/mol. The third kappa shape index (κ3) is 6.05. The number of benzene rings is 2. The van der Waals surface area contributed by atoms with Crippen LogP contribution < -0.4 is 19.5 Å². The summed E-state index contributed by atoms with van der Waals surface area (Å²) in [5.74, 6) is 2.96. The number of rotatable bonds is 9. The maximum absolute atomic E-state index is 12.9. The minimum Gasteiger partial charge on any atom is -0.493 e. The molecule has 2 unspecified atom stereocenters. The zero-order valence-electron chi connectivity index (χ0n) is 27.8. The van der Waals surface area contributed by atoms with Crippen molar-refractivity contribution < 1.29 is 24.1 Å². The molecule has 0 radical (unpaired) electrons. The lowest BCUT2D eigenvalue weighted by molar-refractivity contribution is -0.144. The number of hydrogen-bond donors (Lipinski definition) is 2. The minimum atomic E-state index is -1.06. The van der Waals surface area contributed by atoms with Crippen molar-refractivity contribution in [2.24, 2.45) is 11.8 Å². The zero-order valence-corrected chi connectivity index (χ0v) is 28.6. The fourth-order valence-corrected chi connectivity index (χ4v) is 9.11.